The minimum Gasteiger partial charge on any atom is -0.494 e. The van der Waals surface area contributed by atoms with E-state index in [0.717, 1.165) is 12.2 Å². The van der Waals surface area contributed by atoms with Gasteiger partial charge in [-0.1, -0.05) is 39.0 Å². The van der Waals surface area contributed by atoms with Crippen LogP contribution in [0, 0.1) is 5.41 Å². The summed E-state index contributed by atoms with van der Waals surface area (Å²) in [7, 11) is 0. The van der Waals surface area contributed by atoms with Gasteiger partial charge in [0, 0.05) is 6.54 Å². The van der Waals surface area contributed by atoms with Crippen molar-refractivity contribution in [3.8, 4) is 5.75 Å². The maximum absolute atomic E-state index is 11.7. The maximum atomic E-state index is 11.7. The molecule has 19 heavy (non-hydrogen) atoms. The highest BCUT2D eigenvalue weighted by Crippen LogP contribution is 2.17. The van der Waals surface area contributed by atoms with Crippen LogP contribution in [-0.2, 0) is 4.79 Å². The van der Waals surface area contributed by atoms with Gasteiger partial charge in [0.25, 0.3) is 0 Å². The van der Waals surface area contributed by atoms with E-state index in [1.165, 1.54) is 0 Å². The average molecular weight is 264 g/mol. The van der Waals surface area contributed by atoms with Gasteiger partial charge in [-0.15, -0.1) is 0 Å². The van der Waals surface area contributed by atoms with Gasteiger partial charge < -0.3 is 15.8 Å². The summed E-state index contributed by atoms with van der Waals surface area (Å²) in [6, 6.07) is 9.14. The molecule has 0 fully saturated rings. The molecule has 0 unspecified atom stereocenters. The minimum atomic E-state index is -0.484. The number of ether oxygens (including phenoxy) is 1. The Kier molecular flexibility index (Phi) is 5.83. The minimum absolute atomic E-state index is 0.104. The third-order valence-electron chi connectivity index (χ3n) is 2.85. The molecule has 0 spiro atoms. The van der Waals surface area contributed by atoms with E-state index >= 15 is 0 Å². The van der Waals surface area contributed by atoms with Crippen LogP contribution in [-0.4, -0.2) is 25.1 Å². The summed E-state index contributed by atoms with van der Waals surface area (Å²) >= 11 is 0. The number of rotatable bonds is 6. The summed E-state index contributed by atoms with van der Waals surface area (Å²) in [6.07, 6.45) is 0.761. The number of carbonyl (C=O) groups is 1. The van der Waals surface area contributed by atoms with E-state index in [0.29, 0.717) is 13.2 Å². The van der Waals surface area contributed by atoms with Gasteiger partial charge >= 0.3 is 0 Å². The SMILES string of the molecule is CC(C)(C)[C@@H](N)C(=O)NCCCOc1ccccc1. The summed E-state index contributed by atoms with van der Waals surface area (Å²) in [6.45, 7) is 7.02. The first kappa shape index (κ1) is 15.5. The van der Waals surface area contributed by atoms with Crippen LogP contribution in [0.15, 0.2) is 30.3 Å². The Labute approximate surface area is 115 Å². The fourth-order valence-corrected chi connectivity index (χ4v) is 1.49. The quantitative estimate of drug-likeness (QED) is 0.772. The molecule has 1 aromatic rings. The van der Waals surface area contributed by atoms with Crippen molar-refractivity contribution < 1.29 is 9.53 Å². The predicted molar refractivity (Wildman–Crippen MR) is 77.0 cm³/mol. The van der Waals surface area contributed by atoms with Crippen molar-refractivity contribution in [1.29, 1.82) is 0 Å². The highest BCUT2D eigenvalue weighted by Gasteiger charge is 2.26. The predicted octanol–water partition coefficient (Wildman–Crippen LogP) is 1.95. The number of carbonyl (C=O) groups excluding carboxylic acids is 1. The first-order chi connectivity index (χ1) is 8.91. The van der Waals surface area contributed by atoms with Crippen LogP contribution >= 0.6 is 0 Å². The van der Waals surface area contributed by atoms with E-state index in [-0.39, 0.29) is 11.3 Å². The van der Waals surface area contributed by atoms with Crippen LogP contribution in [0.25, 0.3) is 0 Å². The summed E-state index contributed by atoms with van der Waals surface area (Å²) in [4.78, 5) is 11.7. The zero-order valence-electron chi connectivity index (χ0n) is 12.0. The van der Waals surface area contributed by atoms with Gasteiger partial charge in [0.2, 0.25) is 5.91 Å². The monoisotopic (exact) mass is 264 g/mol. The maximum Gasteiger partial charge on any atom is 0.237 e. The zero-order chi connectivity index (χ0) is 14.3. The van der Waals surface area contributed by atoms with Crippen molar-refractivity contribution in [2.45, 2.75) is 33.2 Å². The summed E-state index contributed by atoms with van der Waals surface area (Å²) < 4.78 is 5.53. The average Bonchev–Trinajstić information content (AvgIpc) is 2.37. The molecule has 0 aliphatic heterocycles. The first-order valence-corrected chi connectivity index (χ1v) is 6.62. The molecule has 0 aliphatic rings. The molecule has 4 heteroatoms. The second kappa shape index (κ2) is 7.14. The number of nitrogens with two attached hydrogens (primary N) is 1. The molecule has 0 aromatic heterocycles. The second-order valence-corrected chi connectivity index (χ2v) is 5.65. The number of benzene rings is 1. The lowest BCUT2D eigenvalue weighted by Gasteiger charge is -2.25. The van der Waals surface area contributed by atoms with Gasteiger partial charge in [0.15, 0.2) is 0 Å². The lowest BCUT2D eigenvalue weighted by Crippen LogP contribution is -2.48. The molecular weight excluding hydrogens is 240 g/mol. The molecule has 0 aliphatic carbocycles. The Balaban J connectivity index is 2.16. The normalized spacial score (nSPS) is 12.8. The molecule has 106 valence electrons. The molecule has 4 nitrogen and oxygen atoms in total. The number of hydrogen-bond acceptors (Lipinski definition) is 3. The van der Waals surface area contributed by atoms with Gasteiger partial charge in [-0.05, 0) is 24.0 Å². The highest BCUT2D eigenvalue weighted by molar-refractivity contribution is 5.82. The van der Waals surface area contributed by atoms with Crippen LogP contribution < -0.4 is 15.8 Å². The molecule has 1 amide bonds. The highest BCUT2D eigenvalue weighted by atomic mass is 16.5. The summed E-state index contributed by atoms with van der Waals surface area (Å²) in [5.41, 5.74) is 5.64. The van der Waals surface area contributed by atoms with E-state index in [1.807, 2.05) is 51.1 Å². The Morgan fingerprint density at radius 2 is 1.95 bits per heavy atom. The molecule has 3 N–H and O–H groups in total. The fourth-order valence-electron chi connectivity index (χ4n) is 1.49. The third-order valence-corrected chi connectivity index (χ3v) is 2.85. The van der Waals surface area contributed by atoms with E-state index < -0.39 is 6.04 Å². The van der Waals surface area contributed by atoms with Gasteiger partial charge in [0.1, 0.15) is 5.75 Å². The van der Waals surface area contributed by atoms with Crippen molar-refractivity contribution in [1.82, 2.24) is 5.32 Å². The van der Waals surface area contributed by atoms with Crippen molar-refractivity contribution >= 4 is 5.91 Å². The van der Waals surface area contributed by atoms with E-state index in [4.69, 9.17) is 10.5 Å². The molecule has 0 saturated carbocycles. The van der Waals surface area contributed by atoms with Crippen molar-refractivity contribution in [3.63, 3.8) is 0 Å². The van der Waals surface area contributed by atoms with Gasteiger partial charge in [-0.25, -0.2) is 0 Å². The Morgan fingerprint density at radius 1 is 1.32 bits per heavy atom. The van der Waals surface area contributed by atoms with Crippen LogP contribution in [0.5, 0.6) is 5.75 Å². The molecule has 0 radical (unpaired) electrons. The van der Waals surface area contributed by atoms with Crippen molar-refractivity contribution in [2.24, 2.45) is 11.1 Å². The summed E-state index contributed by atoms with van der Waals surface area (Å²) in [5, 5.41) is 2.83. The molecule has 1 atom stereocenters. The molecule has 0 heterocycles. The van der Waals surface area contributed by atoms with Crippen LogP contribution in [0.4, 0.5) is 0 Å². The van der Waals surface area contributed by atoms with Crippen molar-refractivity contribution in [2.75, 3.05) is 13.2 Å². The summed E-state index contributed by atoms with van der Waals surface area (Å²) in [5.74, 6) is 0.743. The number of hydrogen-bond donors (Lipinski definition) is 2. The topological polar surface area (TPSA) is 64.4 Å². The van der Waals surface area contributed by atoms with Gasteiger partial charge in [-0.2, -0.15) is 0 Å². The zero-order valence-corrected chi connectivity index (χ0v) is 12.0. The van der Waals surface area contributed by atoms with Crippen LogP contribution in [0.1, 0.15) is 27.2 Å². The van der Waals surface area contributed by atoms with E-state index in [1.54, 1.807) is 0 Å². The van der Waals surface area contributed by atoms with E-state index in [9.17, 15) is 4.79 Å². The van der Waals surface area contributed by atoms with E-state index in [2.05, 4.69) is 5.32 Å². The Hall–Kier alpha value is -1.55. The second-order valence-electron chi connectivity index (χ2n) is 5.65. The largest absolute Gasteiger partial charge is 0.494 e. The Morgan fingerprint density at radius 3 is 2.53 bits per heavy atom. The van der Waals surface area contributed by atoms with Gasteiger partial charge in [0.05, 0.1) is 12.6 Å². The lowest BCUT2D eigenvalue weighted by atomic mass is 9.87. The van der Waals surface area contributed by atoms with Crippen LogP contribution in [0.3, 0.4) is 0 Å². The number of nitrogens with one attached hydrogen (secondary N) is 1. The van der Waals surface area contributed by atoms with Crippen LogP contribution in [0.2, 0.25) is 0 Å². The lowest BCUT2D eigenvalue weighted by molar-refractivity contribution is -0.124. The Bertz CT molecular complexity index is 385. The van der Waals surface area contributed by atoms with Gasteiger partial charge in [-0.3, -0.25) is 4.79 Å². The standard InChI is InChI=1S/C15H24N2O2/c1-15(2,3)13(16)14(18)17-10-7-11-19-12-8-5-4-6-9-12/h4-6,8-9,13H,7,10-11,16H2,1-3H3,(H,17,18)/t13-/m0/s1. The first-order valence-electron chi connectivity index (χ1n) is 6.62. The molecule has 1 aromatic carbocycles. The number of para-hydroxylation sites is 1. The fraction of sp³-hybridized carbons (Fsp3) is 0.533. The third kappa shape index (κ3) is 5.75. The molecular formula is C15H24N2O2. The molecule has 1 rings (SSSR count). The van der Waals surface area contributed by atoms with Crippen molar-refractivity contribution in [3.05, 3.63) is 30.3 Å². The smallest absolute Gasteiger partial charge is 0.237 e. The molecule has 0 saturated heterocycles. The number of amides is 1. The molecule has 0 bridgehead atoms.